The summed E-state index contributed by atoms with van der Waals surface area (Å²) in [5.74, 6) is 1.11. The quantitative estimate of drug-likeness (QED) is 0.569. The highest BCUT2D eigenvalue weighted by molar-refractivity contribution is 7.99. The van der Waals surface area contributed by atoms with Crippen LogP contribution in [0.5, 0.6) is 0 Å². The van der Waals surface area contributed by atoms with Gasteiger partial charge in [-0.15, -0.1) is 10.2 Å². The summed E-state index contributed by atoms with van der Waals surface area (Å²) in [7, 11) is 0. The lowest BCUT2D eigenvalue weighted by molar-refractivity contribution is -0.132. The van der Waals surface area contributed by atoms with E-state index in [-0.39, 0.29) is 18.4 Å². The number of benzene rings is 1. The molecule has 2 amide bonds. The van der Waals surface area contributed by atoms with Crippen LogP contribution < -0.4 is 0 Å². The second kappa shape index (κ2) is 8.27. The standard InChI is InChI=1S/C20H24N6O3S/c27-17(23-7-3-4-8-23)13-25-15-5-1-2-6-16(15)26-19(25)21-22-20(26)30-14-18(28)24-9-11-29-12-10-24/h1-2,5-6H,3-4,7-14H2. The molecule has 10 heteroatoms. The molecule has 0 saturated carbocycles. The monoisotopic (exact) mass is 428 g/mol. The van der Waals surface area contributed by atoms with Crippen LogP contribution in [-0.2, 0) is 20.9 Å². The fraction of sp³-hybridized carbons (Fsp3) is 0.500. The van der Waals surface area contributed by atoms with Crippen molar-refractivity contribution in [2.75, 3.05) is 45.1 Å². The first-order valence-electron chi connectivity index (χ1n) is 10.3. The summed E-state index contributed by atoms with van der Waals surface area (Å²) in [6.45, 7) is 4.33. The van der Waals surface area contributed by atoms with Crippen molar-refractivity contribution in [2.45, 2.75) is 24.5 Å². The maximum atomic E-state index is 12.8. The Morgan fingerprint density at radius 3 is 2.40 bits per heavy atom. The smallest absolute Gasteiger partial charge is 0.242 e. The van der Waals surface area contributed by atoms with Crippen LogP contribution in [0.2, 0.25) is 0 Å². The molecule has 1 aromatic carbocycles. The molecule has 2 saturated heterocycles. The lowest BCUT2D eigenvalue weighted by Crippen LogP contribution is -2.41. The van der Waals surface area contributed by atoms with Gasteiger partial charge in [0.15, 0.2) is 5.16 Å². The Kier molecular flexibility index (Phi) is 5.34. The fourth-order valence-corrected chi connectivity index (χ4v) is 4.96. The SMILES string of the molecule is O=C(CSc1nnc2n(CC(=O)N3CCCC3)c3ccccc3n12)N1CCOCC1. The van der Waals surface area contributed by atoms with Crippen LogP contribution in [0.3, 0.4) is 0 Å². The van der Waals surface area contributed by atoms with Gasteiger partial charge in [-0.3, -0.25) is 18.6 Å². The van der Waals surface area contributed by atoms with E-state index in [9.17, 15) is 9.59 Å². The second-order valence-electron chi connectivity index (χ2n) is 7.56. The zero-order chi connectivity index (χ0) is 20.5. The molecule has 30 heavy (non-hydrogen) atoms. The van der Waals surface area contributed by atoms with Gasteiger partial charge in [-0.25, -0.2) is 0 Å². The van der Waals surface area contributed by atoms with E-state index >= 15 is 0 Å². The molecule has 158 valence electrons. The number of morpholine rings is 1. The van der Waals surface area contributed by atoms with Crippen molar-refractivity contribution in [1.82, 2.24) is 29.0 Å². The second-order valence-corrected chi connectivity index (χ2v) is 8.51. The average molecular weight is 429 g/mol. The summed E-state index contributed by atoms with van der Waals surface area (Å²) in [5.41, 5.74) is 1.88. The van der Waals surface area contributed by atoms with E-state index < -0.39 is 0 Å². The van der Waals surface area contributed by atoms with Crippen LogP contribution >= 0.6 is 11.8 Å². The highest BCUT2D eigenvalue weighted by Gasteiger charge is 2.24. The maximum Gasteiger partial charge on any atom is 0.242 e. The van der Waals surface area contributed by atoms with Gasteiger partial charge < -0.3 is 14.5 Å². The molecule has 9 nitrogen and oxygen atoms in total. The summed E-state index contributed by atoms with van der Waals surface area (Å²) in [6, 6.07) is 7.91. The van der Waals surface area contributed by atoms with E-state index in [0.717, 1.165) is 37.0 Å². The highest BCUT2D eigenvalue weighted by Crippen LogP contribution is 2.26. The Hall–Kier alpha value is -2.59. The number of ether oxygens (including phenoxy) is 1. The molecule has 2 aliphatic heterocycles. The van der Waals surface area contributed by atoms with Crippen molar-refractivity contribution in [3.63, 3.8) is 0 Å². The average Bonchev–Trinajstić information content (AvgIpc) is 3.51. The van der Waals surface area contributed by atoms with E-state index in [4.69, 9.17) is 4.74 Å². The zero-order valence-corrected chi connectivity index (χ0v) is 17.5. The number of carbonyl (C=O) groups excluding carboxylic acids is 2. The molecule has 5 rings (SSSR count). The third-order valence-electron chi connectivity index (χ3n) is 5.71. The van der Waals surface area contributed by atoms with Crippen molar-refractivity contribution >= 4 is 40.4 Å². The number of carbonyl (C=O) groups is 2. The van der Waals surface area contributed by atoms with Crippen molar-refractivity contribution in [1.29, 1.82) is 0 Å². The molecular weight excluding hydrogens is 404 g/mol. The molecule has 0 atom stereocenters. The highest BCUT2D eigenvalue weighted by atomic mass is 32.2. The van der Waals surface area contributed by atoms with E-state index in [1.807, 2.05) is 43.0 Å². The first-order chi connectivity index (χ1) is 14.7. The first-order valence-corrected chi connectivity index (χ1v) is 11.3. The summed E-state index contributed by atoms with van der Waals surface area (Å²) >= 11 is 1.38. The number of thioether (sulfide) groups is 1. The number of hydrogen-bond acceptors (Lipinski definition) is 6. The first kappa shape index (κ1) is 19.4. The van der Waals surface area contributed by atoms with Crippen LogP contribution in [-0.4, -0.2) is 85.9 Å². The van der Waals surface area contributed by atoms with Crippen LogP contribution in [0.4, 0.5) is 0 Å². The Bertz CT molecular complexity index is 1080. The number of para-hydroxylation sites is 2. The summed E-state index contributed by atoms with van der Waals surface area (Å²) in [6.07, 6.45) is 2.13. The molecule has 0 N–H and O–H groups in total. The van der Waals surface area contributed by atoms with Crippen molar-refractivity contribution in [2.24, 2.45) is 0 Å². The molecule has 3 aromatic rings. The van der Waals surface area contributed by atoms with Gasteiger partial charge in [0.25, 0.3) is 0 Å². The van der Waals surface area contributed by atoms with Gasteiger partial charge in [-0.05, 0) is 25.0 Å². The van der Waals surface area contributed by atoms with E-state index in [2.05, 4.69) is 10.2 Å². The number of amides is 2. The lowest BCUT2D eigenvalue weighted by atomic mass is 10.3. The predicted octanol–water partition coefficient (Wildman–Crippen LogP) is 1.26. The Balaban J connectivity index is 1.42. The zero-order valence-electron chi connectivity index (χ0n) is 16.7. The fourth-order valence-electron chi connectivity index (χ4n) is 4.12. The Morgan fingerprint density at radius 1 is 0.933 bits per heavy atom. The Labute approximate surface area is 178 Å². The van der Waals surface area contributed by atoms with Gasteiger partial charge in [0.2, 0.25) is 17.6 Å². The van der Waals surface area contributed by atoms with Gasteiger partial charge in [0, 0.05) is 26.2 Å². The normalized spacial score (nSPS) is 17.3. The van der Waals surface area contributed by atoms with Crippen LogP contribution in [0.25, 0.3) is 16.8 Å². The maximum absolute atomic E-state index is 12.8. The number of aromatic nitrogens is 4. The van der Waals surface area contributed by atoms with E-state index in [1.54, 1.807) is 0 Å². The minimum Gasteiger partial charge on any atom is -0.378 e. The van der Waals surface area contributed by atoms with Crippen molar-refractivity contribution in [3.05, 3.63) is 24.3 Å². The molecule has 4 heterocycles. The minimum absolute atomic E-state index is 0.0769. The third kappa shape index (κ3) is 3.54. The number of rotatable bonds is 5. The van der Waals surface area contributed by atoms with E-state index in [0.29, 0.717) is 43.0 Å². The largest absolute Gasteiger partial charge is 0.378 e. The molecule has 0 radical (unpaired) electrons. The molecule has 0 unspecified atom stereocenters. The summed E-state index contributed by atoms with van der Waals surface area (Å²) in [4.78, 5) is 29.0. The predicted molar refractivity (Wildman–Crippen MR) is 112 cm³/mol. The van der Waals surface area contributed by atoms with Gasteiger partial charge in [0.1, 0.15) is 6.54 Å². The minimum atomic E-state index is 0.0769. The number of imidazole rings is 1. The topological polar surface area (TPSA) is 85.0 Å². The van der Waals surface area contributed by atoms with Gasteiger partial charge in [0.05, 0.1) is 30.0 Å². The summed E-state index contributed by atoms with van der Waals surface area (Å²) in [5, 5.41) is 9.35. The van der Waals surface area contributed by atoms with Gasteiger partial charge in [-0.2, -0.15) is 0 Å². The molecule has 2 fully saturated rings. The molecule has 0 spiro atoms. The number of fused-ring (bicyclic) bond motifs is 3. The lowest BCUT2D eigenvalue weighted by Gasteiger charge is -2.26. The Morgan fingerprint density at radius 2 is 1.63 bits per heavy atom. The molecule has 0 aliphatic carbocycles. The van der Waals surface area contributed by atoms with Crippen LogP contribution in [0.15, 0.2) is 29.4 Å². The third-order valence-corrected chi connectivity index (χ3v) is 6.63. The van der Waals surface area contributed by atoms with Crippen LogP contribution in [0, 0.1) is 0 Å². The van der Waals surface area contributed by atoms with Crippen molar-refractivity contribution in [3.8, 4) is 0 Å². The van der Waals surface area contributed by atoms with Gasteiger partial charge >= 0.3 is 0 Å². The van der Waals surface area contributed by atoms with Gasteiger partial charge in [-0.1, -0.05) is 23.9 Å². The van der Waals surface area contributed by atoms with E-state index in [1.165, 1.54) is 11.8 Å². The number of hydrogen-bond donors (Lipinski definition) is 0. The molecule has 2 aromatic heterocycles. The molecule has 0 bridgehead atoms. The number of likely N-dealkylation sites (tertiary alicyclic amines) is 1. The molecular formula is C20H24N6O3S. The summed E-state index contributed by atoms with van der Waals surface area (Å²) < 4.78 is 9.19. The molecule has 2 aliphatic rings. The van der Waals surface area contributed by atoms with Crippen molar-refractivity contribution < 1.29 is 14.3 Å². The van der Waals surface area contributed by atoms with Crippen LogP contribution in [0.1, 0.15) is 12.8 Å². The number of nitrogens with zero attached hydrogens (tertiary/aromatic N) is 6.